The highest BCUT2D eigenvalue weighted by atomic mass is 15.3. The Kier molecular flexibility index (Phi) is 2.02. The van der Waals surface area contributed by atoms with Crippen LogP contribution in [0.4, 0.5) is 0 Å². The maximum atomic E-state index is 3.47. The Bertz CT molecular complexity index is 115. The fourth-order valence-electron chi connectivity index (χ4n) is 1.63. The predicted molar refractivity (Wildman–Crippen MR) is 43.9 cm³/mol. The Balaban J connectivity index is 2.55. The molecule has 10 heavy (non-hydrogen) atoms. The Labute approximate surface area is 63.6 Å². The molecule has 1 aliphatic rings. The minimum Gasteiger partial charge on any atom is -0.300 e. The van der Waals surface area contributed by atoms with E-state index in [-0.39, 0.29) is 0 Å². The fourth-order valence-corrected chi connectivity index (χ4v) is 1.63. The molecule has 0 aliphatic carbocycles. The highest BCUT2D eigenvalue weighted by molar-refractivity contribution is 4.84. The maximum absolute atomic E-state index is 3.47. The van der Waals surface area contributed by atoms with Crippen LogP contribution in [0, 0.1) is 5.41 Å². The summed E-state index contributed by atoms with van der Waals surface area (Å²) >= 11 is 0. The van der Waals surface area contributed by atoms with E-state index in [9.17, 15) is 0 Å². The summed E-state index contributed by atoms with van der Waals surface area (Å²) in [5.74, 6) is 0. The van der Waals surface area contributed by atoms with Gasteiger partial charge in [-0.05, 0) is 12.5 Å². The lowest BCUT2D eigenvalue weighted by molar-refractivity contribution is 0.152. The van der Waals surface area contributed by atoms with Crippen molar-refractivity contribution >= 4 is 0 Å². The molecule has 1 aliphatic heterocycles. The molecule has 0 aromatic rings. The van der Waals surface area contributed by atoms with Crippen LogP contribution in [0.15, 0.2) is 0 Å². The van der Waals surface area contributed by atoms with Gasteiger partial charge >= 0.3 is 0 Å². The lowest BCUT2D eigenvalue weighted by Crippen LogP contribution is -2.43. The second-order valence-corrected chi connectivity index (χ2v) is 4.20. The van der Waals surface area contributed by atoms with Gasteiger partial charge in [0.05, 0.1) is 6.17 Å². The molecule has 0 saturated carbocycles. The topological polar surface area (TPSA) is 15.3 Å². The van der Waals surface area contributed by atoms with Crippen molar-refractivity contribution < 1.29 is 0 Å². The molecule has 60 valence electrons. The summed E-state index contributed by atoms with van der Waals surface area (Å²) in [6.45, 7) is 9.13. The van der Waals surface area contributed by atoms with E-state index < -0.39 is 0 Å². The first kappa shape index (κ1) is 8.02. The SMILES string of the molecule is CN1CCNC1C(C)(C)C. The standard InChI is InChI=1S/C8H18N2/c1-8(2,3)7-9-5-6-10(7)4/h7,9H,5-6H2,1-4H3. The summed E-state index contributed by atoms with van der Waals surface area (Å²) in [5.41, 5.74) is 0.366. The smallest absolute Gasteiger partial charge is 0.0645 e. The Morgan fingerprint density at radius 1 is 1.40 bits per heavy atom. The molecule has 0 radical (unpaired) electrons. The normalized spacial score (nSPS) is 29.4. The maximum Gasteiger partial charge on any atom is 0.0645 e. The van der Waals surface area contributed by atoms with Gasteiger partial charge in [-0.25, -0.2) is 0 Å². The number of rotatable bonds is 0. The molecule has 0 bridgehead atoms. The van der Waals surface area contributed by atoms with E-state index in [1.165, 1.54) is 6.54 Å². The molecule has 1 saturated heterocycles. The van der Waals surface area contributed by atoms with Crippen LogP contribution < -0.4 is 5.32 Å². The van der Waals surface area contributed by atoms with Crippen molar-refractivity contribution in [1.82, 2.24) is 10.2 Å². The van der Waals surface area contributed by atoms with Gasteiger partial charge in [0, 0.05) is 13.1 Å². The Morgan fingerprint density at radius 3 is 2.20 bits per heavy atom. The zero-order valence-corrected chi connectivity index (χ0v) is 7.44. The molecule has 1 heterocycles. The third-order valence-electron chi connectivity index (χ3n) is 2.06. The molecule has 1 atom stereocenters. The molecule has 0 amide bonds. The molecule has 1 N–H and O–H groups in total. The van der Waals surface area contributed by atoms with Crippen LogP contribution in [0.2, 0.25) is 0 Å². The van der Waals surface area contributed by atoms with Gasteiger partial charge in [-0.15, -0.1) is 0 Å². The summed E-state index contributed by atoms with van der Waals surface area (Å²) < 4.78 is 0. The molecule has 1 fully saturated rings. The minimum atomic E-state index is 0.366. The number of nitrogens with one attached hydrogen (secondary N) is 1. The van der Waals surface area contributed by atoms with Crippen molar-refractivity contribution in [2.24, 2.45) is 5.41 Å². The molecule has 0 aromatic carbocycles. The first-order chi connectivity index (χ1) is 4.52. The van der Waals surface area contributed by atoms with Crippen LogP contribution in [0.5, 0.6) is 0 Å². The van der Waals surface area contributed by atoms with Crippen molar-refractivity contribution in [2.45, 2.75) is 26.9 Å². The van der Waals surface area contributed by atoms with Gasteiger partial charge in [0.15, 0.2) is 0 Å². The van der Waals surface area contributed by atoms with Gasteiger partial charge in [0.2, 0.25) is 0 Å². The number of hydrogen-bond donors (Lipinski definition) is 1. The van der Waals surface area contributed by atoms with Gasteiger partial charge < -0.3 is 5.32 Å². The molecule has 0 spiro atoms. The number of nitrogens with zero attached hydrogens (tertiary/aromatic N) is 1. The molecule has 2 nitrogen and oxygen atoms in total. The molecular weight excluding hydrogens is 124 g/mol. The lowest BCUT2D eigenvalue weighted by Gasteiger charge is -2.32. The zero-order chi connectivity index (χ0) is 7.78. The van der Waals surface area contributed by atoms with Crippen molar-refractivity contribution in [1.29, 1.82) is 0 Å². The average Bonchev–Trinajstić information content (AvgIpc) is 2.11. The summed E-state index contributed by atoms with van der Waals surface area (Å²) in [6.07, 6.45) is 0.562. The van der Waals surface area contributed by atoms with Gasteiger partial charge in [0.25, 0.3) is 0 Å². The van der Waals surface area contributed by atoms with Crippen LogP contribution in [-0.2, 0) is 0 Å². The largest absolute Gasteiger partial charge is 0.300 e. The second kappa shape index (κ2) is 2.51. The third-order valence-corrected chi connectivity index (χ3v) is 2.06. The van der Waals surface area contributed by atoms with Crippen molar-refractivity contribution in [3.05, 3.63) is 0 Å². The summed E-state index contributed by atoms with van der Waals surface area (Å²) in [4.78, 5) is 2.38. The Morgan fingerprint density at radius 2 is 2.00 bits per heavy atom. The third kappa shape index (κ3) is 1.50. The quantitative estimate of drug-likeness (QED) is 0.540. The number of hydrogen-bond acceptors (Lipinski definition) is 2. The van der Waals surface area contributed by atoms with Crippen molar-refractivity contribution in [3.63, 3.8) is 0 Å². The van der Waals surface area contributed by atoms with E-state index in [0.29, 0.717) is 11.6 Å². The van der Waals surface area contributed by atoms with Crippen LogP contribution >= 0.6 is 0 Å². The predicted octanol–water partition coefficient (Wildman–Crippen LogP) is 0.894. The summed E-state index contributed by atoms with van der Waals surface area (Å²) in [7, 11) is 2.18. The highest BCUT2D eigenvalue weighted by Gasteiger charge is 2.30. The summed E-state index contributed by atoms with van der Waals surface area (Å²) in [5, 5.41) is 3.47. The number of likely N-dealkylation sites (N-methyl/N-ethyl adjacent to an activating group) is 1. The van der Waals surface area contributed by atoms with E-state index in [4.69, 9.17) is 0 Å². The van der Waals surface area contributed by atoms with E-state index in [1.807, 2.05) is 0 Å². The van der Waals surface area contributed by atoms with Gasteiger partial charge in [-0.1, -0.05) is 20.8 Å². The monoisotopic (exact) mass is 142 g/mol. The molecule has 1 unspecified atom stereocenters. The first-order valence-corrected chi connectivity index (χ1v) is 3.95. The fraction of sp³-hybridized carbons (Fsp3) is 1.00. The van der Waals surface area contributed by atoms with Crippen molar-refractivity contribution in [2.75, 3.05) is 20.1 Å². The van der Waals surface area contributed by atoms with E-state index >= 15 is 0 Å². The first-order valence-electron chi connectivity index (χ1n) is 3.95. The van der Waals surface area contributed by atoms with Gasteiger partial charge in [0.1, 0.15) is 0 Å². The van der Waals surface area contributed by atoms with E-state index in [2.05, 4.69) is 38.0 Å². The molecule has 1 rings (SSSR count). The van der Waals surface area contributed by atoms with Crippen molar-refractivity contribution in [3.8, 4) is 0 Å². The van der Waals surface area contributed by atoms with Gasteiger partial charge in [-0.3, -0.25) is 4.90 Å². The molecule has 2 heteroatoms. The summed E-state index contributed by atoms with van der Waals surface area (Å²) in [6, 6.07) is 0. The minimum absolute atomic E-state index is 0.366. The van der Waals surface area contributed by atoms with Crippen LogP contribution in [0.1, 0.15) is 20.8 Å². The van der Waals surface area contributed by atoms with E-state index in [1.54, 1.807) is 0 Å². The average molecular weight is 142 g/mol. The zero-order valence-electron chi connectivity index (χ0n) is 7.44. The van der Waals surface area contributed by atoms with E-state index in [0.717, 1.165) is 6.54 Å². The van der Waals surface area contributed by atoms with Crippen LogP contribution in [0.25, 0.3) is 0 Å². The van der Waals surface area contributed by atoms with Crippen LogP contribution in [0.3, 0.4) is 0 Å². The Hall–Kier alpha value is -0.0800. The molecule has 0 aromatic heterocycles. The molecular formula is C8H18N2. The lowest BCUT2D eigenvalue weighted by atomic mass is 9.92. The highest BCUT2D eigenvalue weighted by Crippen LogP contribution is 2.23. The second-order valence-electron chi connectivity index (χ2n) is 4.20. The van der Waals surface area contributed by atoms with Crippen LogP contribution in [-0.4, -0.2) is 31.2 Å². The van der Waals surface area contributed by atoms with Gasteiger partial charge in [-0.2, -0.15) is 0 Å².